The van der Waals surface area contributed by atoms with Crippen molar-refractivity contribution in [3.63, 3.8) is 0 Å². The summed E-state index contributed by atoms with van der Waals surface area (Å²) >= 11 is 0. The van der Waals surface area contributed by atoms with Crippen LogP contribution in [-0.4, -0.2) is 31.0 Å². The fourth-order valence-electron chi connectivity index (χ4n) is 2.18. The van der Waals surface area contributed by atoms with Crippen LogP contribution in [0.5, 0.6) is 0 Å². The number of aromatic nitrogens is 4. The van der Waals surface area contributed by atoms with Crippen LogP contribution in [0.1, 0.15) is 27.3 Å². The first-order valence-electron chi connectivity index (χ1n) is 7.48. The Balaban J connectivity index is 1.79. The van der Waals surface area contributed by atoms with Gasteiger partial charge in [0.2, 0.25) is 0 Å². The predicted octanol–water partition coefficient (Wildman–Crippen LogP) is 1.39. The number of benzene rings is 1. The average Bonchev–Trinajstić information content (AvgIpc) is 3.05. The van der Waals surface area contributed by atoms with Crippen LogP contribution >= 0.6 is 0 Å². The molecule has 0 spiro atoms. The predicted molar refractivity (Wildman–Crippen MR) is 87.4 cm³/mol. The van der Waals surface area contributed by atoms with Crippen LogP contribution in [0.15, 0.2) is 48.8 Å². The van der Waals surface area contributed by atoms with Crippen molar-refractivity contribution in [1.29, 1.82) is 0 Å². The van der Waals surface area contributed by atoms with E-state index in [9.17, 15) is 9.90 Å². The van der Waals surface area contributed by atoms with Crippen molar-refractivity contribution in [2.75, 3.05) is 0 Å². The third kappa shape index (κ3) is 3.47. The number of nitrogens with zero attached hydrogens (tertiary/aromatic N) is 4. The minimum Gasteiger partial charge on any atom is -0.390 e. The molecule has 122 valence electrons. The number of pyridine rings is 1. The van der Waals surface area contributed by atoms with Crippen molar-refractivity contribution in [2.24, 2.45) is 0 Å². The first kappa shape index (κ1) is 15.8. The summed E-state index contributed by atoms with van der Waals surface area (Å²) in [5, 5.41) is 20.6. The van der Waals surface area contributed by atoms with E-state index in [2.05, 4.69) is 20.5 Å². The number of hydrogen-bond acceptors (Lipinski definition) is 5. The lowest BCUT2D eigenvalue weighted by molar-refractivity contribution is 0.0942. The second-order valence-electron chi connectivity index (χ2n) is 5.32. The summed E-state index contributed by atoms with van der Waals surface area (Å²) in [6, 6.07) is 11.2. The summed E-state index contributed by atoms with van der Waals surface area (Å²) in [6.07, 6.45) is 3.35. The molecule has 0 unspecified atom stereocenters. The SMILES string of the molecule is Cc1ccc(-n2nc(CO)c(C(=O)NCc3cccnc3)n2)cc1. The van der Waals surface area contributed by atoms with Crippen LogP contribution in [0, 0.1) is 6.92 Å². The quantitative estimate of drug-likeness (QED) is 0.740. The molecule has 3 aromatic rings. The fraction of sp³-hybridized carbons (Fsp3) is 0.176. The van der Waals surface area contributed by atoms with Gasteiger partial charge >= 0.3 is 0 Å². The normalized spacial score (nSPS) is 10.6. The van der Waals surface area contributed by atoms with E-state index < -0.39 is 0 Å². The van der Waals surface area contributed by atoms with Crippen LogP contribution in [0.2, 0.25) is 0 Å². The molecule has 0 atom stereocenters. The largest absolute Gasteiger partial charge is 0.390 e. The van der Waals surface area contributed by atoms with Gasteiger partial charge in [-0.05, 0) is 30.7 Å². The van der Waals surface area contributed by atoms with Gasteiger partial charge in [-0.15, -0.1) is 10.2 Å². The molecule has 0 fully saturated rings. The molecule has 1 amide bonds. The zero-order chi connectivity index (χ0) is 16.9. The van der Waals surface area contributed by atoms with Crippen molar-refractivity contribution >= 4 is 5.91 Å². The second-order valence-corrected chi connectivity index (χ2v) is 5.32. The molecule has 2 aromatic heterocycles. The first-order valence-corrected chi connectivity index (χ1v) is 7.48. The van der Waals surface area contributed by atoms with Crippen LogP contribution in [0.4, 0.5) is 0 Å². The van der Waals surface area contributed by atoms with E-state index >= 15 is 0 Å². The molecule has 3 rings (SSSR count). The maximum absolute atomic E-state index is 12.3. The third-order valence-electron chi connectivity index (χ3n) is 3.49. The molecule has 2 N–H and O–H groups in total. The highest BCUT2D eigenvalue weighted by Crippen LogP contribution is 2.11. The number of hydrogen-bond donors (Lipinski definition) is 2. The number of amides is 1. The number of aliphatic hydroxyl groups is 1. The Morgan fingerprint density at radius 2 is 2.00 bits per heavy atom. The standard InChI is InChI=1S/C17H17N5O2/c1-12-4-6-14(7-5-12)22-20-15(11-23)16(21-22)17(24)19-10-13-3-2-8-18-9-13/h2-9,23H,10-11H2,1H3,(H,19,24). The van der Waals surface area contributed by atoms with Crippen LogP contribution in [0.25, 0.3) is 5.69 Å². The summed E-state index contributed by atoms with van der Waals surface area (Å²) in [6.45, 7) is 1.95. The maximum Gasteiger partial charge on any atom is 0.274 e. The zero-order valence-corrected chi connectivity index (χ0v) is 13.2. The van der Waals surface area contributed by atoms with Gasteiger partial charge in [0.05, 0.1) is 12.3 Å². The number of aliphatic hydroxyl groups excluding tert-OH is 1. The van der Waals surface area contributed by atoms with E-state index in [1.54, 1.807) is 18.5 Å². The molecular weight excluding hydrogens is 306 g/mol. The van der Waals surface area contributed by atoms with E-state index in [1.807, 2.05) is 37.3 Å². The Hall–Kier alpha value is -3.06. The number of rotatable bonds is 5. The topological polar surface area (TPSA) is 92.9 Å². The van der Waals surface area contributed by atoms with Crippen LogP contribution < -0.4 is 5.32 Å². The summed E-state index contributed by atoms with van der Waals surface area (Å²) in [4.78, 5) is 17.7. The molecule has 24 heavy (non-hydrogen) atoms. The number of carbonyl (C=O) groups is 1. The third-order valence-corrected chi connectivity index (χ3v) is 3.49. The minimum atomic E-state index is -0.388. The smallest absolute Gasteiger partial charge is 0.274 e. The highest BCUT2D eigenvalue weighted by atomic mass is 16.3. The van der Waals surface area contributed by atoms with Gasteiger partial charge in [-0.1, -0.05) is 23.8 Å². The highest BCUT2D eigenvalue weighted by molar-refractivity contribution is 5.93. The molecule has 0 aliphatic carbocycles. The van der Waals surface area contributed by atoms with E-state index in [1.165, 1.54) is 4.80 Å². The Kier molecular flexibility index (Phi) is 4.62. The Morgan fingerprint density at radius 1 is 1.21 bits per heavy atom. The monoisotopic (exact) mass is 323 g/mol. The number of aryl methyl sites for hydroxylation is 1. The lowest BCUT2D eigenvalue weighted by atomic mass is 10.2. The van der Waals surface area contributed by atoms with Gasteiger partial charge in [0.15, 0.2) is 5.69 Å². The lowest BCUT2D eigenvalue weighted by Crippen LogP contribution is -2.24. The fourth-order valence-corrected chi connectivity index (χ4v) is 2.18. The molecule has 0 aliphatic rings. The molecule has 0 saturated carbocycles. The Bertz CT molecular complexity index is 828. The van der Waals surface area contributed by atoms with Crippen molar-refractivity contribution in [1.82, 2.24) is 25.3 Å². The highest BCUT2D eigenvalue weighted by Gasteiger charge is 2.18. The lowest BCUT2D eigenvalue weighted by Gasteiger charge is -2.03. The van der Waals surface area contributed by atoms with Gasteiger partial charge in [0, 0.05) is 18.9 Å². The zero-order valence-electron chi connectivity index (χ0n) is 13.2. The van der Waals surface area contributed by atoms with E-state index in [0.717, 1.165) is 16.8 Å². The van der Waals surface area contributed by atoms with E-state index in [4.69, 9.17) is 0 Å². The van der Waals surface area contributed by atoms with Gasteiger partial charge in [-0.3, -0.25) is 9.78 Å². The maximum atomic E-state index is 12.3. The molecule has 0 bridgehead atoms. The van der Waals surface area contributed by atoms with Gasteiger partial charge in [-0.2, -0.15) is 4.80 Å². The summed E-state index contributed by atoms with van der Waals surface area (Å²) < 4.78 is 0. The molecule has 2 heterocycles. The second kappa shape index (κ2) is 7.01. The summed E-state index contributed by atoms with van der Waals surface area (Å²) in [5.41, 5.74) is 3.06. The van der Waals surface area contributed by atoms with Crippen molar-refractivity contribution in [3.05, 3.63) is 71.3 Å². The molecule has 7 nitrogen and oxygen atoms in total. The van der Waals surface area contributed by atoms with E-state index in [-0.39, 0.29) is 23.9 Å². The Morgan fingerprint density at radius 3 is 2.67 bits per heavy atom. The van der Waals surface area contributed by atoms with Gasteiger partial charge in [-0.25, -0.2) is 0 Å². The number of nitrogens with one attached hydrogen (secondary N) is 1. The molecule has 1 aromatic carbocycles. The van der Waals surface area contributed by atoms with Gasteiger partial charge in [0.25, 0.3) is 5.91 Å². The van der Waals surface area contributed by atoms with Gasteiger partial charge < -0.3 is 10.4 Å². The van der Waals surface area contributed by atoms with Crippen molar-refractivity contribution in [3.8, 4) is 5.69 Å². The van der Waals surface area contributed by atoms with E-state index in [0.29, 0.717) is 6.54 Å². The molecule has 0 radical (unpaired) electrons. The average molecular weight is 323 g/mol. The van der Waals surface area contributed by atoms with Crippen LogP contribution in [0.3, 0.4) is 0 Å². The summed E-state index contributed by atoms with van der Waals surface area (Å²) in [7, 11) is 0. The summed E-state index contributed by atoms with van der Waals surface area (Å²) in [5.74, 6) is -0.388. The Labute approximate surface area is 139 Å². The van der Waals surface area contributed by atoms with Crippen LogP contribution in [-0.2, 0) is 13.2 Å². The molecule has 0 aliphatic heterocycles. The van der Waals surface area contributed by atoms with Crippen molar-refractivity contribution in [2.45, 2.75) is 20.1 Å². The molecule has 0 saturated heterocycles. The number of carbonyl (C=O) groups excluding carboxylic acids is 1. The van der Waals surface area contributed by atoms with Crippen molar-refractivity contribution < 1.29 is 9.90 Å². The van der Waals surface area contributed by atoms with Gasteiger partial charge in [0.1, 0.15) is 5.69 Å². The molecule has 7 heteroatoms. The first-order chi connectivity index (χ1) is 11.7. The molecular formula is C17H17N5O2. The minimum absolute atomic E-state index is 0.113.